The summed E-state index contributed by atoms with van der Waals surface area (Å²) in [4.78, 5) is 16.2. The van der Waals surface area contributed by atoms with Crippen LogP contribution in [0.25, 0.3) is 0 Å². The van der Waals surface area contributed by atoms with Crippen LogP contribution in [0, 0.1) is 5.82 Å². The SMILES string of the molecule is CCc1cc(C(=O)Nc2ccc(Br)c(F)c2)cc(N)n1. The number of nitrogens with two attached hydrogens (primary N) is 1. The van der Waals surface area contributed by atoms with E-state index in [1.54, 1.807) is 12.1 Å². The summed E-state index contributed by atoms with van der Waals surface area (Å²) in [5, 5.41) is 2.62. The summed E-state index contributed by atoms with van der Waals surface area (Å²) >= 11 is 3.06. The quantitative estimate of drug-likeness (QED) is 0.902. The first-order chi connectivity index (χ1) is 9.49. The third-order valence-electron chi connectivity index (χ3n) is 2.70. The molecule has 6 heteroatoms. The van der Waals surface area contributed by atoms with Crippen LogP contribution >= 0.6 is 15.9 Å². The maximum absolute atomic E-state index is 13.4. The van der Waals surface area contributed by atoms with Crippen molar-refractivity contribution in [3.05, 3.63) is 51.9 Å². The number of hydrogen-bond donors (Lipinski definition) is 2. The van der Waals surface area contributed by atoms with Gasteiger partial charge in [-0.1, -0.05) is 6.92 Å². The van der Waals surface area contributed by atoms with Crippen LogP contribution < -0.4 is 11.1 Å². The Kier molecular flexibility index (Phi) is 4.34. The van der Waals surface area contributed by atoms with Gasteiger partial charge in [0.05, 0.1) is 4.47 Å². The zero-order valence-corrected chi connectivity index (χ0v) is 12.4. The van der Waals surface area contributed by atoms with E-state index < -0.39 is 5.82 Å². The van der Waals surface area contributed by atoms with Crippen LogP contribution in [-0.2, 0) is 6.42 Å². The Morgan fingerprint density at radius 2 is 2.15 bits per heavy atom. The molecule has 0 spiro atoms. The van der Waals surface area contributed by atoms with Crippen LogP contribution in [0.5, 0.6) is 0 Å². The molecule has 0 aliphatic rings. The van der Waals surface area contributed by atoms with Gasteiger partial charge in [0.2, 0.25) is 0 Å². The average molecular weight is 338 g/mol. The maximum Gasteiger partial charge on any atom is 0.255 e. The molecular formula is C14H13BrFN3O. The molecule has 1 aromatic heterocycles. The maximum atomic E-state index is 13.4. The summed E-state index contributed by atoms with van der Waals surface area (Å²) in [7, 11) is 0. The topological polar surface area (TPSA) is 68.0 Å². The fourth-order valence-corrected chi connectivity index (χ4v) is 1.95. The Hall–Kier alpha value is -1.95. The van der Waals surface area contributed by atoms with Crippen LogP contribution in [0.3, 0.4) is 0 Å². The second kappa shape index (κ2) is 6.00. The number of nitrogen functional groups attached to an aromatic ring is 1. The summed E-state index contributed by atoms with van der Waals surface area (Å²) in [6, 6.07) is 7.54. The van der Waals surface area contributed by atoms with Crippen molar-refractivity contribution in [2.75, 3.05) is 11.1 Å². The molecule has 0 atom stereocenters. The number of amides is 1. The normalized spacial score (nSPS) is 10.3. The van der Waals surface area contributed by atoms with Gasteiger partial charge in [-0.15, -0.1) is 0 Å². The van der Waals surface area contributed by atoms with Crippen molar-refractivity contribution in [2.45, 2.75) is 13.3 Å². The van der Waals surface area contributed by atoms with E-state index in [4.69, 9.17) is 5.73 Å². The molecule has 0 saturated heterocycles. The van der Waals surface area contributed by atoms with Crippen LogP contribution in [-0.4, -0.2) is 10.9 Å². The minimum Gasteiger partial charge on any atom is -0.384 e. The summed E-state index contributed by atoms with van der Waals surface area (Å²) in [5.41, 5.74) is 7.17. The highest BCUT2D eigenvalue weighted by molar-refractivity contribution is 9.10. The molecule has 104 valence electrons. The lowest BCUT2D eigenvalue weighted by molar-refractivity contribution is 0.102. The van der Waals surface area contributed by atoms with E-state index >= 15 is 0 Å². The Morgan fingerprint density at radius 1 is 1.40 bits per heavy atom. The second-order valence-electron chi connectivity index (χ2n) is 4.21. The van der Waals surface area contributed by atoms with E-state index in [-0.39, 0.29) is 11.7 Å². The molecule has 0 aliphatic heterocycles. The molecule has 0 fully saturated rings. The number of nitrogens with one attached hydrogen (secondary N) is 1. The van der Waals surface area contributed by atoms with Gasteiger partial charge in [0, 0.05) is 16.9 Å². The van der Waals surface area contributed by atoms with Gasteiger partial charge in [-0.25, -0.2) is 9.37 Å². The van der Waals surface area contributed by atoms with E-state index in [0.29, 0.717) is 22.1 Å². The fourth-order valence-electron chi connectivity index (χ4n) is 1.70. The molecule has 0 bridgehead atoms. The second-order valence-corrected chi connectivity index (χ2v) is 5.06. The zero-order chi connectivity index (χ0) is 14.7. The van der Waals surface area contributed by atoms with Gasteiger partial charge >= 0.3 is 0 Å². The van der Waals surface area contributed by atoms with Crippen LogP contribution in [0.15, 0.2) is 34.8 Å². The molecule has 2 aromatic rings. The van der Waals surface area contributed by atoms with Crippen LogP contribution in [0.4, 0.5) is 15.9 Å². The highest BCUT2D eigenvalue weighted by atomic mass is 79.9. The lowest BCUT2D eigenvalue weighted by Gasteiger charge is -2.08. The number of hydrogen-bond acceptors (Lipinski definition) is 3. The number of halogens is 2. The van der Waals surface area contributed by atoms with Crippen LogP contribution in [0.1, 0.15) is 23.0 Å². The third-order valence-corrected chi connectivity index (χ3v) is 3.34. The molecular weight excluding hydrogens is 325 g/mol. The molecule has 20 heavy (non-hydrogen) atoms. The lowest BCUT2D eigenvalue weighted by atomic mass is 10.1. The first-order valence-electron chi connectivity index (χ1n) is 6.02. The number of benzene rings is 1. The molecule has 0 unspecified atom stereocenters. The van der Waals surface area contributed by atoms with Gasteiger partial charge in [0.15, 0.2) is 0 Å². The number of pyridine rings is 1. The largest absolute Gasteiger partial charge is 0.384 e. The van der Waals surface area contributed by atoms with Crippen LogP contribution in [0.2, 0.25) is 0 Å². The molecule has 1 aromatic carbocycles. The van der Waals surface area contributed by atoms with E-state index in [9.17, 15) is 9.18 Å². The van der Waals surface area contributed by atoms with Gasteiger partial charge in [-0.05, 0) is 52.7 Å². The number of nitrogens with zero attached hydrogens (tertiary/aromatic N) is 1. The first kappa shape index (κ1) is 14.5. The van der Waals surface area contributed by atoms with Crippen molar-refractivity contribution in [2.24, 2.45) is 0 Å². The van der Waals surface area contributed by atoms with Crippen molar-refractivity contribution in [3.8, 4) is 0 Å². The predicted octanol–water partition coefficient (Wildman–Crippen LogP) is 3.38. The Bertz CT molecular complexity index is 661. The van der Waals surface area contributed by atoms with E-state index in [0.717, 1.165) is 5.69 Å². The molecule has 0 saturated carbocycles. The van der Waals surface area contributed by atoms with Crippen molar-refractivity contribution in [1.82, 2.24) is 4.98 Å². The Balaban J connectivity index is 2.23. The summed E-state index contributed by atoms with van der Waals surface area (Å²) in [6.45, 7) is 1.92. The van der Waals surface area contributed by atoms with E-state index in [1.165, 1.54) is 18.2 Å². The van der Waals surface area contributed by atoms with E-state index in [2.05, 4.69) is 26.2 Å². The average Bonchev–Trinajstić information content (AvgIpc) is 2.42. The molecule has 2 rings (SSSR count). The fraction of sp³-hybridized carbons (Fsp3) is 0.143. The summed E-state index contributed by atoms with van der Waals surface area (Å²) in [5.74, 6) is -0.502. The third kappa shape index (κ3) is 3.33. The van der Waals surface area contributed by atoms with Gasteiger partial charge in [-0.2, -0.15) is 0 Å². The Morgan fingerprint density at radius 3 is 2.80 bits per heavy atom. The standard InChI is InChI=1S/C14H13BrFN3O/c1-2-9-5-8(6-13(17)18-9)14(20)19-10-3-4-11(15)12(16)7-10/h3-7H,2H2,1H3,(H2,17,18)(H,19,20). The molecule has 0 aliphatic carbocycles. The number of carbonyl (C=O) groups excluding carboxylic acids is 1. The molecule has 3 N–H and O–H groups in total. The number of rotatable bonds is 3. The van der Waals surface area contributed by atoms with Gasteiger partial charge in [0.1, 0.15) is 11.6 Å². The lowest BCUT2D eigenvalue weighted by Crippen LogP contribution is -2.13. The van der Waals surface area contributed by atoms with Gasteiger partial charge in [0.25, 0.3) is 5.91 Å². The number of aryl methyl sites for hydroxylation is 1. The summed E-state index contributed by atoms with van der Waals surface area (Å²) < 4.78 is 13.7. The van der Waals surface area contributed by atoms with Gasteiger partial charge < -0.3 is 11.1 Å². The van der Waals surface area contributed by atoms with Crippen molar-refractivity contribution in [3.63, 3.8) is 0 Å². The Labute approximate surface area is 124 Å². The van der Waals surface area contributed by atoms with E-state index in [1.807, 2.05) is 6.92 Å². The molecule has 1 heterocycles. The zero-order valence-electron chi connectivity index (χ0n) is 10.8. The summed E-state index contributed by atoms with van der Waals surface area (Å²) in [6.07, 6.45) is 0.679. The minimum atomic E-state index is -0.439. The number of aromatic nitrogens is 1. The number of anilines is 2. The van der Waals surface area contributed by atoms with Gasteiger partial charge in [-0.3, -0.25) is 4.79 Å². The predicted molar refractivity (Wildman–Crippen MR) is 80.1 cm³/mol. The highest BCUT2D eigenvalue weighted by Crippen LogP contribution is 2.20. The minimum absolute atomic E-state index is 0.288. The highest BCUT2D eigenvalue weighted by Gasteiger charge is 2.10. The van der Waals surface area contributed by atoms with Crippen molar-refractivity contribution in [1.29, 1.82) is 0 Å². The first-order valence-corrected chi connectivity index (χ1v) is 6.81. The smallest absolute Gasteiger partial charge is 0.255 e. The molecule has 4 nitrogen and oxygen atoms in total. The number of carbonyl (C=O) groups is 1. The van der Waals surface area contributed by atoms with Crippen molar-refractivity contribution < 1.29 is 9.18 Å². The van der Waals surface area contributed by atoms with Crippen molar-refractivity contribution >= 4 is 33.3 Å². The monoisotopic (exact) mass is 337 g/mol. The molecule has 1 amide bonds. The molecule has 0 radical (unpaired) electrons.